The van der Waals surface area contributed by atoms with Crippen LogP contribution in [0.2, 0.25) is 0 Å². The maximum atomic E-state index is 2.63. The molecule has 11 rings (SSSR count). The highest BCUT2D eigenvalue weighted by molar-refractivity contribution is 6.02. The van der Waals surface area contributed by atoms with Crippen molar-refractivity contribution in [1.29, 1.82) is 0 Å². The van der Waals surface area contributed by atoms with Crippen molar-refractivity contribution in [3.05, 3.63) is 167 Å². The van der Waals surface area contributed by atoms with Crippen molar-refractivity contribution in [3.63, 3.8) is 0 Å². The molecule has 0 spiro atoms. The van der Waals surface area contributed by atoms with Crippen LogP contribution < -0.4 is 9.80 Å². The Labute approximate surface area is 257 Å². The molecule has 2 atom stereocenters. The van der Waals surface area contributed by atoms with Crippen LogP contribution >= 0.6 is 0 Å². The van der Waals surface area contributed by atoms with E-state index in [1.165, 1.54) is 89.5 Å². The van der Waals surface area contributed by atoms with E-state index < -0.39 is 0 Å². The van der Waals surface area contributed by atoms with Gasteiger partial charge in [0.1, 0.15) is 0 Å². The van der Waals surface area contributed by atoms with E-state index in [2.05, 4.69) is 143 Å². The third-order valence-electron chi connectivity index (χ3n) is 10.7. The summed E-state index contributed by atoms with van der Waals surface area (Å²) in [6.07, 6.45) is 11.4. The molecule has 0 amide bonds. The predicted octanol–water partition coefficient (Wildman–Crippen LogP) is 10.9. The first-order valence-corrected chi connectivity index (χ1v) is 15.8. The molecule has 5 aromatic rings. The first-order chi connectivity index (χ1) is 21.9. The lowest BCUT2D eigenvalue weighted by Gasteiger charge is -2.48. The van der Waals surface area contributed by atoms with E-state index in [-0.39, 0.29) is 12.1 Å². The van der Waals surface area contributed by atoms with Gasteiger partial charge in [-0.1, -0.05) is 97.1 Å². The normalized spacial score (nSPS) is 20.5. The molecule has 2 nitrogen and oxygen atoms in total. The van der Waals surface area contributed by atoms with Crippen molar-refractivity contribution < 1.29 is 0 Å². The van der Waals surface area contributed by atoms with Crippen molar-refractivity contribution >= 4 is 33.9 Å². The van der Waals surface area contributed by atoms with Crippen LogP contribution in [0.3, 0.4) is 0 Å². The maximum Gasteiger partial charge on any atom is 0.0823 e. The number of hydrogen-bond donors (Lipinski definition) is 0. The highest BCUT2D eigenvalue weighted by Crippen LogP contribution is 2.62. The van der Waals surface area contributed by atoms with Gasteiger partial charge in [-0.3, -0.25) is 0 Å². The van der Waals surface area contributed by atoms with E-state index in [0.717, 1.165) is 12.8 Å². The fourth-order valence-corrected chi connectivity index (χ4v) is 9.06. The first-order valence-electron chi connectivity index (χ1n) is 15.8. The van der Waals surface area contributed by atoms with Gasteiger partial charge in [0.15, 0.2) is 0 Å². The third-order valence-corrected chi connectivity index (χ3v) is 10.7. The standard InChI is InChI=1S/C42H28N2/c1-5-19-37-27(11-1)25-15-9-17-31(25)41-35-23-34-30-14-4-8-22-40(30)44-38-20-6-2-12-28(38)26-16-10-18-32(26)42(44)36(34)24-33(35)29-13-3-7-21-39(29)43(37)41/h1-16,19-24,41-42H,17-18H2. The van der Waals surface area contributed by atoms with E-state index in [4.69, 9.17) is 0 Å². The van der Waals surface area contributed by atoms with E-state index >= 15 is 0 Å². The zero-order valence-electron chi connectivity index (χ0n) is 24.2. The molecular weight excluding hydrogens is 532 g/mol. The van der Waals surface area contributed by atoms with E-state index in [0.29, 0.717) is 0 Å². The van der Waals surface area contributed by atoms with Crippen molar-refractivity contribution in [2.24, 2.45) is 0 Å². The van der Waals surface area contributed by atoms with Crippen molar-refractivity contribution in [3.8, 4) is 22.3 Å². The molecule has 0 fully saturated rings. The van der Waals surface area contributed by atoms with Gasteiger partial charge in [-0.2, -0.15) is 0 Å². The summed E-state index contributed by atoms with van der Waals surface area (Å²) in [5.74, 6) is 0. The Morgan fingerprint density at radius 1 is 0.409 bits per heavy atom. The van der Waals surface area contributed by atoms with E-state index in [9.17, 15) is 0 Å². The van der Waals surface area contributed by atoms with Gasteiger partial charge in [-0.25, -0.2) is 0 Å². The Morgan fingerprint density at radius 3 is 1.20 bits per heavy atom. The fraction of sp³-hybridized carbons (Fsp3) is 0.0952. The second-order valence-electron chi connectivity index (χ2n) is 12.7. The summed E-state index contributed by atoms with van der Waals surface area (Å²) in [5, 5.41) is 0. The molecule has 44 heavy (non-hydrogen) atoms. The Kier molecular flexibility index (Phi) is 4.31. The highest BCUT2D eigenvalue weighted by atomic mass is 15.2. The largest absolute Gasteiger partial charge is 0.329 e. The van der Waals surface area contributed by atoms with Crippen LogP contribution in [0.1, 0.15) is 47.2 Å². The summed E-state index contributed by atoms with van der Waals surface area (Å²) < 4.78 is 0. The van der Waals surface area contributed by atoms with Gasteiger partial charge in [0.2, 0.25) is 0 Å². The predicted molar refractivity (Wildman–Crippen MR) is 181 cm³/mol. The lowest BCUT2D eigenvalue weighted by molar-refractivity contribution is 0.754. The number of nitrogens with zero attached hydrogens (tertiary/aromatic N) is 2. The summed E-state index contributed by atoms with van der Waals surface area (Å²) in [6.45, 7) is 0. The summed E-state index contributed by atoms with van der Waals surface area (Å²) in [4.78, 5) is 5.26. The Bertz CT molecular complexity index is 2100. The Morgan fingerprint density at radius 2 is 0.773 bits per heavy atom. The quantitative estimate of drug-likeness (QED) is 0.186. The van der Waals surface area contributed by atoms with Crippen molar-refractivity contribution in [1.82, 2.24) is 0 Å². The molecule has 4 aliphatic heterocycles. The molecule has 0 radical (unpaired) electrons. The van der Waals surface area contributed by atoms with Crippen LogP contribution in [0.15, 0.2) is 145 Å². The number of allylic oxidation sites excluding steroid dienone is 6. The van der Waals surface area contributed by atoms with Gasteiger partial charge in [0.05, 0.1) is 12.1 Å². The molecule has 0 bridgehead atoms. The zero-order valence-corrected chi connectivity index (χ0v) is 24.2. The zero-order chi connectivity index (χ0) is 28.5. The molecule has 6 aliphatic rings. The number of fused-ring (bicyclic) bond motifs is 20. The van der Waals surface area contributed by atoms with Crippen LogP contribution in [0.25, 0.3) is 33.4 Å². The number of para-hydroxylation sites is 4. The SMILES string of the molecule is C1=CC2=C(C1)C1c3cc4c(cc3-c3ccccc3N1c1ccccc12)C1C2=C(C=CC2)c2ccccc2N1c1ccccc1-4. The van der Waals surface area contributed by atoms with Crippen LogP contribution in [-0.2, 0) is 0 Å². The molecule has 2 heteroatoms. The van der Waals surface area contributed by atoms with Crippen LogP contribution in [0.5, 0.6) is 0 Å². The van der Waals surface area contributed by atoms with Crippen molar-refractivity contribution in [2.45, 2.75) is 24.9 Å². The molecule has 0 saturated carbocycles. The minimum absolute atomic E-state index is 0.172. The number of anilines is 4. The summed E-state index contributed by atoms with van der Waals surface area (Å²) in [5.41, 5.74) is 22.0. The van der Waals surface area contributed by atoms with Crippen LogP contribution in [-0.4, -0.2) is 0 Å². The second-order valence-corrected chi connectivity index (χ2v) is 12.7. The Balaban J connectivity index is 1.23. The monoisotopic (exact) mass is 560 g/mol. The summed E-state index contributed by atoms with van der Waals surface area (Å²) in [6, 6.07) is 41.6. The average Bonchev–Trinajstić information content (AvgIpc) is 3.78. The van der Waals surface area contributed by atoms with Crippen LogP contribution in [0.4, 0.5) is 22.7 Å². The van der Waals surface area contributed by atoms with E-state index in [1.807, 2.05) is 0 Å². The third kappa shape index (κ3) is 2.73. The van der Waals surface area contributed by atoms with Gasteiger partial charge in [-0.05, 0) is 93.8 Å². The second kappa shape index (κ2) is 8.18. The van der Waals surface area contributed by atoms with Gasteiger partial charge < -0.3 is 9.80 Å². The first kappa shape index (κ1) is 23.2. The molecule has 206 valence electrons. The molecule has 5 aromatic carbocycles. The Hall–Kier alpha value is -5.34. The minimum Gasteiger partial charge on any atom is -0.329 e. The highest BCUT2D eigenvalue weighted by Gasteiger charge is 2.44. The molecule has 4 heterocycles. The molecule has 0 N–H and O–H groups in total. The maximum absolute atomic E-state index is 2.63. The van der Waals surface area contributed by atoms with Gasteiger partial charge in [0.25, 0.3) is 0 Å². The van der Waals surface area contributed by atoms with Gasteiger partial charge in [0, 0.05) is 45.0 Å². The smallest absolute Gasteiger partial charge is 0.0823 e. The fourth-order valence-electron chi connectivity index (χ4n) is 9.06. The topological polar surface area (TPSA) is 6.48 Å². The molecular formula is C42H28N2. The summed E-state index contributed by atoms with van der Waals surface area (Å²) in [7, 11) is 0. The number of hydrogen-bond acceptors (Lipinski definition) is 2. The summed E-state index contributed by atoms with van der Waals surface area (Å²) >= 11 is 0. The molecule has 0 aromatic heterocycles. The molecule has 0 saturated heterocycles. The van der Waals surface area contributed by atoms with Gasteiger partial charge in [-0.15, -0.1) is 0 Å². The van der Waals surface area contributed by atoms with Crippen molar-refractivity contribution in [2.75, 3.05) is 9.80 Å². The lowest BCUT2D eigenvalue weighted by atomic mass is 9.73. The minimum atomic E-state index is 0.172. The molecule has 2 unspecified atom stereocenters. The lowest BCUT2D eigenvalue weighted by Crippen LogP contribution is -2.35. The molecule has 2 aliphatic carbocycles. The average molecular weight is 561 g/mol. The number of benzene rings is 5. The van der Waals surface area contributed by atoms with Gasteiger partial charge >= 0.3 is 0 Å². The van der Waals surface area contributed by atoms with Crippen LogP contribution in [0, 0.1) is 0 Å². The number of rotatable bonds is 0. The van der Waals surface area contributed by atoms with E-state index in [1.54, 1.807) is 0 Å².